The monoisotopic (exact) mass is 1000 g/mol. The van der Waals surface area contributed by atoms with Crippen LogP contribution in [-0.2, 0) is 10.8 Å². The van der Waals surface area contributed by atoms with Gasteiger partial charge in [0, 0.05) is 45.0 Å². The Morgan fingerprint density at radius 3 is 1.01 bits per heavy atom. The van der Waals surface area contributed by atoms with Gasteiger partial charge < -0.3 is 9.80 Å². The third-order valence-corrected chi connectivity index (χ3v) is 17.4. The zero-order valence-corrected chi connectivity index (χ0v) is 45.8. The van der Waals surface area contributed by atoms with Gasteiger partial charge in [-0.25, -0.2) is 0 Å². The van der Waals surface area contributed by atoms with Crippen LogP contribution >= 0.6 is 0 Å². The second-order valence-corrected chi connectivity index (χ2v) is 23.3. The number of aryl methyl sites for hydroxylation is 4. The Labute approximate surface area is 459 Å². The van der Waals surface area contributed by atoms with E-state index in [-0.39, 0.29) is 10.8 Å². The molecule has 12 aromatic rings. The van der Waals surface area contributed by atoms with Gasteiger partial charge in [-0.15, -0.1) is 0 Å². The van der Waals surface area contributed by atoms with Crippen molar-refractivity contribution in [1.29, 1.82) is 0 Å². The van der Waals surface area contributed by atoms with E-state index in [0.29, 0.717) is 0 Å². The minimum absolute atomic E-state index is 0.340. The van der Waals surface area contributed by atoms with Gasteiger partial charge in [0.1, 0.15) is 0 Å². The fourth-order valence-electron chi connectivity index (χ4n) is 13.3. The number of hydrogen-bond donors (Lipinski definition) is 0. The first-order valence-electron chi connectivity index (χ1n) is 27.6. The lowest BCUT2D eigenvalue weighted by atomic mass is 9.76. The Bertz CT molecular complexity index is 4130. The Morgan fingerprint density at radius 2 is 0.615 bits per heavy atom. The molecule has 0 atom stereocenters. The summed E-state index contributed by atoms with van der Waals surface area (Å²) in [5.74, 6) is 0. The molecule has 0 amide bonds. The standard InChI is InChI=1S/C76H62N2/c1-47-23-29-57(30-24-47)77(59-33-27-51-17-9-11-19-53(51)41-59)61-35-37-63-67(43-61)75(5,6)69-45-65-66(71(73(63)69)55-21-13-15-49(3)39-55)46-70-74(72(65)56-22-14-16-50(4)40-56)64-38-36-62(44-68(64)76(70,7)8)78(58-31-25-48(2)26-32-58)60-34-28-52-18-10-12-20-54(52)42-60/h9-46H,1-8H3. The number of benzene rings is 12. The topological polar surface area (TPSA) is 6.48 Å². The smallest absolute Gasteiger partial charge is 0.0468 e. The maximum Gasteiger partial charge on any atom is 0.0468 e. The molecule has 0 radical (unpaired) electrons. The zero-order valence-electron chi connectivity index (χ0n) is 45.8. The highest BCUT2D eigenvalue weighted by Gasteiger charge is 2.43. The zero-order chi connectivity index (χ0) is 53.2. The second kappa shape index (κ2) is 17.8. The van der Waals surface area contributed by atoms with Crippen LogP contribution < -0.4 is 9.80 Å². The van der Waals surface area contributed by atoms with Crippen LogP contribution in [0.1, 0.15) is 72.2 Å². The highest BCUT2D eigenvalue weighted by molar-refractivity contribution is 6.17. The minimum atomic E-state index is -0.340. The molecule has 2 heteroatoms. The highest BCUT2D eigenvalue weighted by atomic mass is 15.1. The summed E-state index contributed by atoms with van der Waals surface area (Å²) in [5, 5.41) is 7.50. The average molecular weight is 1000 g/mol. The summed E-state index contributed by atoms with van der Waals surface area (Å²) in [7, 11) is 0. The number of hydrogen-bond acceptors (Lipinski definition) is 2. The van der Waals surface area contributed by atoms with Crippen molar-refractivity contribution in [3.63, 3.8) is 0 Å². The van der Waals surface area contributed by atoms with Gasteiger partial charge in [0.15, 0.2) is 0 Å². The van der Waals surface area contributed by atoms with E-state index >= 15 is 0 Å². The third kappa shape index (κ3) is 7.53. The van der Waals surface area contributed by atoms with Crippen LogP contribution in [0.2, 0.25) is 0 Å². The molecule has 0 heterocycles. The molecule has 0 spiro atoms. The van der Waals surface area contributed by atoms with Gasteiger partial charge in [-0.2, -0.15) is 0 Å². The van der Waals surface area contributed by atoms with Gasteiger partial charge in [0.2, 0.25) is 0 Å². The fourth-order valence-corrected chi connectivity index (χ4v) is 13.3. The van der Waals surface area contributed by atoms with Crippen molar-refractivity contribution >= 4 is 66.4 Å². The Balaban J connectivity index is 1.01. The normalized spacial score (nSPS) is 13.6. The average Bonchev–Trinajstić information content (AvgIpc) is 3.65. The predicted molar refractivity (Wildman–Crippen MR) is 333 cm³/mol. The van der Waals surface area contributed by atoms with Crippen LogP contribution in [0.15, 0.2) is 231 Å². The summed E-state index contributed by atoms with van der Waals surface area (Å²) >= 11 is 0. The van der Waals surface area contributed by atoms with Crippen LogP contribution in [0.5, 0.6) is 0 Å². The molecule has 0 N–H and O–H groups in total. The van der Waals surface area contributed by atoms with Gasteiger partial charge in [0.05, 0.1) is 0 Å². The van der Waals surface area contributed by atoms with Crippen molar-refractivity contribution in [2.75, 3.05) is 9.80 Å². The van der Waals surface area contributed by atoms with Crippen LogP contribution in [0.3, 0.4) is 0 Å². The van der Waals surface area contributed by atoms with Crippen LogP contribution in [0, 0.1) is 27.7 Å². The molecule has 0 bridgehead atoms. The van der Waals surface area contributed by atoms with Crippen molar-refractivity contribution in [3.8, 4) is 44.5 Å². The SMILES string of the molecule is Cc1ccc(N(c2ccc3c(c2)C(C)(C)c2cc4c(-c5cccc(C)c5)c5c(cc4c(-c4cccc(C)c4)c2-3)C(C)(C)c2cc(N(c3ccc(C)cc3)c3ccc4ccccc4c3)ccc2-5)c2ccc3ccccc3c2)cc1. The Hall–Kier alpha value is -8.98. The molecule has 0 saturated carbocycles. The van der Waals surface area contributed by atoms with E-state index in [1.165, 1.54) is 121 Å². The molecule has 12 aromatic carbocycles. The van der Waals surface area contributed by atoms with E-state index in [1.54, 1.807) is 0 Å². The van der Waals surface area contributed by atoms with Crippen molar-refractivity contribution in [2.24, 2.45) is 0 Å². The molecular formula is C76H62N2. The number of rotatable bonds is 8. The molecule has 0 aromatic heterocycles. The molecular weight excluding hydrogens is 941 g/mol. The van der Waals surface area contributed by atoms with Crippen LogP contribution in [0.4, 0.5) is 34.1 Å². The summed E-state index contributed by atoms with van der Waals surface area (Å²) < 4.78 is 0. The first-order chi connectivity index (χ1) is 37.8. The summed E-state index contributed by atoms with van der Waals surface area (Å²) in [6.07, 6.45) is 0. The van der Waals surface area contributed by atoms with E-state index in [9.17, 15) is 0 Å². The lowest BCUT2D eigenvalue weighted by Crippen LogP contribution is -2.17. The van der Waals surface area contributed by atoms with Gasteiger partial charge in [0.25, 0.3) is 0 Å². The van der Waals surface area contributed by atoms with E-state index < -0.39 is 0 Å². The van der Waals surface area contributed by atoms with Crippen LogP contribution in [0.25, 0.3) is 76.8 Å². The van der Waals surface area contributed by atoms with Crippen molar-refractivity contribution in [2.45, 2.75) is 66.2 Å². The molecule has 14 rings (SSSR count). The molecule has 2 aliphatic carbocycles. The van der Waals surface area contributed by atoms with Crippen LogP contribution in [-0.4, -0.2) is 0 Å². The van der Waals surface area contributed by atoms with E-state index in [0.717, 1.165) is 34.1 Å². The Kier molecular flexibility index (Phi) is 10.8. The maximum absolute atomic E-state index is 2.60. The summed E-state index contributed by atoms with van der Waals surface area (Å²) in [4.78, 5) is 4.88. The molecule has 0 saturated heterocycles. The Morgan fingerprint density at radius 1 is 0.256 bits per heavy atom. The predicted octanol–water partition coefficient (Wildman–Crippen LogP) is 21.3. The number of fused-ring (bicyclic) bond motifs is 9. The fraction of sp³-hybridized carbons (Fsp3) is 0.132. The molecule has 78 heavy (non-hydrogen) atoms. The van der Waals surface area contributed by atoms with Crippen molar-refractivity contribution in [1.82, 2.24) is 0 Å². The lowest BCUT2D eigenvalue weighted by molar-refractivity contribution is 0.660. The highest BCUT2D eigenvalue weighted by Crippen LogP contribution is 2.61. The van der Waals surface area contributed by atoms with Gasteiger partial charge in [-0.1, -0.05) is 196 Å². The lowest BCUT2D eigenvalue weighted by Gasteiger charge is -2.29. The summed E-state index contributed by atoms with van der Waals surface area (Å²) in [6, 6.07) is 87.2. The largest absolute Gasteiger partial charge is 0.310 e. The summed E-state index contributed by atoms with van der Waals surface area (Å²) in [5.41, 5.74) is 26.9. The number of nitrogens with zero attached hydrogens (tertiary/aromatic N) is 2. The molecule has 0 unspecified atom stereocenters. The van der Waals surface area contributed by atoms with E-state index in [4.69, 9.17) is 0 Å². The first-order valence-corrected chi connectivity index (χ1v) is 27.6. The van der Waals surface area contributed by atoms with Crippen molar-refractivity contribution < 1.29 is 0 Å². The molecule has 0 aliphatic heterocycles. The number of anilines is 6. The molecule has 2 nitrogen and oxygen atoms in total. The van der Waals surface area contributed by atoms with E-state index in [1.807, 2.05) is 0 Å². The summed E-state index contributed by atoms with van der Waals surface area (Å²) in [6.45, 7) is 18.6. The first kappa shape index (κ1) is 47.5. The minimum Gasteiger partial charge on any atom is -0.310 e. The molecule has 2 aliphatic rings. The molecule has 0 fully saturated rings. The van der Waals surface area contributed by atoms with Gasteiger partial charge in [-0.05, 0) is 212 Å². The van der Waals surface area contributed by atoms with Crippen molar-refractivity contribution in [3.05, 3.63) is 275 Å². The van der Waals surface area contributed by atoms with Gasteiger partial charge >= 0.3 is 0 Å². The van der Waals surface area contributed by atoms with Gasteiger partial charge in [-0.3, -0.25) is 0 Å². The second-order valence-electron chi connectivity index (χ2n) is 23.3. The third-order valence-electron chi connectivity index (χ3n) is 17.4. The molecule has 376 valence electrons. The maximum atomic E-state index is 2.60. The quantitative estimate of drug-likeness (QED) is 0.150. The van der Waals surface area contributed by atoms with E-state index in [2.05, 4.69) is 296 Å².